The highest BCUT2D eigenvalue weighted by Gasteiger charge is 1.66. The highest BCUT2D eigenvalue weighted by molar-refractivity contribution is 5.70. The lowest BCUT2D eigenvalue weighted by molar-refractivity contribution is -0.104. The van der Waals surface area contributed by atoms with Crippen molar-refractivity contribution in [3.05, 3.63) is 12.2 Å². The topological polar surface area (TPSA) is 65.8 Å². The molecule has 0 aromatic rings. The highest BCUT2D eigenvalue weighted by Crippen LogP contribution is 1.70. The first kappa shape index (κ1) is 15.7. The molecule has 3 nitrogen and oxygen atoms in total. The van der Waals surface area contributed by atoms with Crippen LogP contribution in [0, 0.1) is 0 Å². The van der Waals surface area contributed by atoms with Crippen LogP contribution in [0.5, 0.6) is 0 Å². The van der Waals surface area contributed by atoms with Gasteiger partial charge in [-0.05, 0) is 12.5 Å². The Balaban J connectivity index is -0.0000000750. The van der Waals surface area contributed by atoms with Crippen LogP contribution < -0.4 is 0 Å². The van der Waals surface area contributed by atoms with Crippen molar-refractivity contribution in [2.75, 3.05) is 7.11 Å². The molecule has 0 rings (SSSR count). The zero-order valence-corrected chi connectivity index (χ0v) is 5.05. The normalized spacial score (nSPS) is 4.88. The van der Waals surface area contributed by atoms with Gasteiger partial charge in [0.1, 0.15) is 6.29 Å². The van der Waals surface area contributed by atoms with Gasteiger partial charge in [-0.25, -0.2) is 0 Å². The van der Waals surface area contributed by atoms with E-state index in [2.05, 4.69) is 6.58 Å². The Morgan fingerprint density at radius 2 is 1.75 bits per heavy atom. The number of carbonyl (C=O) groups excluding carboxylic acids is 1. The van der Waals surface area contributed by atoms with Crippen molar-refractivity contribution >= 4 is 6.29 Å². The van der Waals surface area contributed by atoms with Crippen molar-refractivity contribution in [3.63, 3.8) is 0 Å². The van der Waals surface area contributed by atoms with Gasteiger partial charge in [0.15, 0.2) is 0 Å². The highest BCUT2D eigenvalue weighted by atomic mass is 16.2. The predicted octanol–water partition coefficient (Wildman–Crippen LogP) is 0.251. The summed E-state index contributed by atoms with van der Waals surface area (Å²) in [5.41, 5.74) is 0.574. The minimum atomic E-state index is 0. The molecule has 0 aliphatic rings. The zero-order chi connectivity index (χ0) is 6.28. The Morgan fingerprint density at radius 1 is 1.62 bits per heavy atom. The van der Waals surface area contributed by atoms with Crippen molar-refractivity contribution in [1.82, 2.24) is 0 Å². The lowest BCUT2D eigenvalue weighted by atomic mass is 10.4. The van der Waals surface area contributed by atoms with E-state index in [0.29, 0.717) is 5.57 Å². The fourth-order valence-electron chi connectivity index (χ4n) is 0. The maximum Gasteiger partial charge on any atom is 0.145 e. The first-order valence-electron chi connectivity index (χ1n) is 1.83. The average molecular weight is 118 g/mol. The SMILES string of the molecule is C=C(C)C=O.CO.[O]. The van der Waals surface area contributed by atoms with Gasteiger partial charge in [-0.15, -0.1) is 0 Å². The van der Waals surface area contributed by atoms with Crippen molar-refractivity contribution in [2.45, 2.75) is 6.92 Å². The number of aldehydes is 1. The largest absolute Gasteiger partial charge is 0.400 e. The van der Waals surface area contributed by atoms with Gasteiger partial charge in [0.05, 0.1) is 0 Å². The summed E-state index contributed by atoms with van der Waals surface area (Å²) >= 11 is 0. The minimum Gasteiger partial charge on any atom is -0.400 e. The van der Waals surface area contributed by atoms with E-state index in [0.717, 1.165) is 13.4 Å². The fourth-order valence-corrected chi connectivity index (χ4v) is 0. The Labute approximate surface area is 49.0 Å². The molecular weight excluding hydrogens is 108 g/mol. The maximum absolute atomic E-state index is 9.41. The second-order valence-electron chi connectivity index (χ2n) is 0.964. The molecule has 1 N–H and O–H groups in total. The zero-order valence-electron chi connectivity index (χ0n) is 5.05. The molecule has 0 heterocycles. The Morgan fingerprint density at radius 3 is 1.75 bits per heavy atom. The predicted molar refractivity (Wildman–Crippen MR) is 29.7 cm³/mol. The van der Waals surface area contributed by atoms with E-state index >= 15 is 0 Å². The second kappa shape index (κ2) is 16.2. The van der Waals surface area contributed by atoms with Gasteiger partial charge in [0, 0.05) is 12.6 Å². The van der Waals surface area contributed by atoms with Crippen LogP contribution in [0.3, 0.4) is 0 Å². The molecule has 3 heteroatoms. The summed E-state index contributed by atoms with van der Waals surface area (Å²) in [6.07, 6.45) is 0.722. The van der Waals surface area contributed by atoms with Crippen molar-refractivity contribution < 1.29 is 15.4 Å². The molecule has 0 unspecified atom stereocenters. The van der Waals surface area contributed by atoms with Crippen LogP contribution in [-0.2, 0) is 10.3 Å². The lowest BCUT2D eigenvalue weighted by Gasteiger charge is -1.65. The van der Waals surface area contributed by atoms with Crippen LogP contribution >= 0.6 is 0 Å². The van der Waals surface area contributed by atoms with E-state index in [4.69, 9.17) is 5.11 Å². The number of carbonyl (C=O) groups is 1. The average Bonchev–Trinajstić information content (AvgIpc) is 1.73. The first-order valence-corrected chi connectivity index (χ1v) is 1.83. The van der Waals surface area contributed by atoms with E-state index in [9.17, 15) is 4.79 Å². The Bertz CT molecular complexity index is 58.7. The summed E-state index contributed by atoms with van der Waals surface area (Å²) in [6.45, 7) is 4.97. The van der Waals surface area contributed by atoms with Gasteiger partial charge in [-0.1, -0.05) is 6.58 Å². The molecule has 0 atom stereocenters. The molecule has 0 aromatic heterocycles. The van der Waals surface area contributed by atoms with Crippen LogP contribution in [0.1, 0.15) is 6.92 Å². The lowest BCUT2D eigenvalue weighted by Crippen LogP contribution is -1.65. The van der Waals surface area contributed by atoms with Crippen molar-refractivity contribution in [1.29, 1.82) is 0 Å². The summed E-state index contributed by atoms with van der Waals surface area (Å²) in [4.78, 5) is 9.41. The van der Waals surface area contributed by atoms with Gasteiger partial charge >= 0.3 is 0 Å². The quantitative estimate of drug-likeness (QED) is 0.396. The smallest absolute Gasteiger partial charge is 0.145 e. The molecule has 0 spiro atoms. The third-order valence-electron chi connectivity index (χ3n) is 0.201. The molecule has 2 radical (unpaired) electrons. The molecule has 0 aliphatic carbocycles. The van der Waals surface area contributed by atoms with Gasteiger partial charge in [0.2, 0.25) is 0 Å². The van der Waals surface area contributed by atoms with Crippen LogP contribution in [0.2, 0.25) is 0 Å². The number of aliphatic hydroxyl groups excluding tert-OH is 1. The summed E-state index contributed by atoms with van der Waals surface area (Å²) < 4.78 is 0. The van der Waals surface area contributed by atoms with Gasteiger partial charge < -0.3 is 5.11 Å². The van der Waals surface area contributed by atoms with Gasteiger partial charge in [-0.2, -0.15) is 0 Å². The minimum absolute atomic E-state index is 0. The maximum atomic E-state index is 9.41. The molecule has 0 amide bonds. The van der Waals surface area contributed by atoms with E-state index in [1.165, 1.54) is 0 Å². The molecule has 0 saturated heterocycles. The molecular formula is C5H10O3. The molecule has 0 aromatic carbocycles. The number of hydrogen-bond acceptors (Lipinski definition) is 2. The summed E-state index contributed by atoms with van der Waals surface area (Å²) in [5, 5.41) is 7.00. The van der Waals surface area contributed by atoms with E-state index < -0.39 is 0 Å². The fraction of sp³-hybridized carbons (Fsp3) is 0.400. The standard InChI is InChI=1S/C4H6O.CH4O.O/c1-4(2)3-5;1-2;/h3H,1H2,2H3;2H,1H3;. The molecule has 0 fully saturated rings. The van der Waals surface area contributed by atoms with Crippen LogP contribution in [0.25, 0.3) is 0 Å². The number of allylic oxidation sites excluding steroid dienone is 1. The van der Waals surface area contributed by atoms with Crippen LogP contribution in [0.4, 0.5) is 0 Å². The summed E-state index contributed by atoms with van der Waals surface area (Å²) in [6, 6.07) is 0. The van der Waals surface area contributed by atoms with Crippen LogP contribution in [0.15, 0.2) is 12.2 Å². The third-order valence-corrected chi connectivity index (χ3v) is 0.201. The van der Waals surface area contributed by atoms with E-state index in [1.54, 1.807) is 6.92 Å². The van der Waals surface area contributed by atoms with E-state index in [-0.39, 0.29) is 5.48 Å². The van der Waals surface area contributed by atoms with Gasteiger partial charge in [-0.3, -0.25) is 4.79 Å². The van der Waals surface area contributed by atoms with Gasteiger partial charge in [0.25, 0.3) is 0 Å². The first-order chi connectivity index (χ1) is 3.27. The molecule has 48 valence electrons. The van der Waals surface area contributed by atoms with E-state index in [1.807, 2.05) is 0 Å². The second-order valence-corrected chi connectivity index (χ2v) is 0.964. The monoisotopic (exact) mass is 118 g/mol. The Kier molecular flexibility index (Phi) is 31.8. The number of rotatable bonds is 1. The number of hydrogen-bond donors (Lipinski definition) is 1. The molecule has 0 saturated carbocycles. The number of aliphatic hydroxyl groups is 1. The van der Waals surface area contributed by atoms with Crippen LogP contribution in [-0.4, -0.2) is 18.5 Å². The van der Waals surface area contributed by atoms with Crippen molar-refractivity contribution in [3.8, 4) is 0 Å². The molecule has 0 aliphatic heterocycles. The molecule has 0 bridgehead atoms. The third kappa shape index (κ3) is 56.5. The molecule has 8 heavy (non-hydrogen) atoms. The Hall–Kier alpha value is -0.670. The summed E-state index contributed by atoms with van der Waals surface area (Å²) in [5.74, 6) is 0. The summed E-state index contributed by atoms with van der Waals surface area (Å²) in [7, 11) is 1.00. The van der Waals surface area contributed by atoms with Crippen molar-refractivity contribution in [2.24, 2.45) is 0 Å².